The predicted octanol–water partition coefficient (Wildman–Crippen LogP) is 3.86. The first-order chi connectivity index (χ1) is 8.69. The number of nitrogens with one attached hydrogen (secondary N) is 1. The summed E-state index contributed by atoms with van der Waals surface area (Å²) in [6.07, 6.45) is 3.81. The van der Waals surface area contributed by atoms with Crippen molar-refractivity contribution in [2.75, 3.05) is 13.1 Å². The van der Waals surface area contributed by atoms with Crippen molar-refractivity contribution in [3.63, 3.8) is 0 Å². The van der Waals surface area contributed by atoms with Crippen molar-refractivity contribution in [2.45, 2.75) is 51.7 Å². The van der Waals surface area contributed by atoms with Crippen LogP contribution in [0.15, 0.2) is 15.9 Å². The first-order valence-corrected chi connectivity index (χ1v) is 8.56. The quantitative estimate of drug-likeness (QED) is 0.881. The molecule has 0 radical (unpaired) electrons. The SMILES string of the molecule is CCCNC1CCN(Cc2cc(Br)cs2)C(C)C1. The molecular formula is C14H23BrN2S. The Labute approximate surface area is 123 Å². The number of rotatable bonds is 5. The van der Waals surface area contributed by atoms with Gasteiger partial charge >= 0.3 is 0 Å². The van der Waals surface area contributed by atoms with Gasteiger partial charge in [0.15, 0.2) is 0 Å². The second-order valence-corrected chi connectivity index (χ2v) is 7.14. The average molecular weight is 331 g/mol. The van der Waals surface area contributed by atoms with E-state index in [1.807, 2.05) is 11.3 Å². The minimum atomic E-state index is 0.689. The molecule has 1 N–H and O–H groups in total. The average Bonchev–Trinajstić information content (AvgIpc) is 2.75. The molecule has 0 amide bonds. The molecule has 2 heterocycles. The molecule has 4 heteroatoms. The van der Waals surface area contributed by atoms with Crippen LogP contribution in [0.25, 0.3) is 0 Å². The Morgan fingerprint density at radius 2 is 2.39 bits per heavy atom. The third-order valence-electron chi connectivity index (χ3n) is 3.68. The lowest BCUT2D eigenvalue weighted by atomic mass is 9.98. The van der Waals surface area contributed by atoms with Crippen LogP contribution >= 0.6 is 27.3 Å². The van der Waals surface area contributed by atoms with Gasteiger partial charge in [-0.3, -0.25) is 4.90 Å². The second-order valence-electron chi connectivity index (χ2n) is 5.23. The zero-order valence-corrected chi connectivity index (χ0v) is 13.7. The molecule has 1 fully saturated rings. The number of halogens is 1. The molecule has 1 aliphatic rings. The maximum absolute atomic E-state index is 3.66. The Morgan fingerprint density at radius 3 is 3.00 bits per heavy atom. The Balaban J connectivity index is 1.82. The van der Waals surface area contributed by atoms with Crippen LogP contribution in [0.2, 0.25) is 0 Å². The second kappa shape index (κ2) is 7.04. The van der Waals surface area contributed by atoms with Crippen molar-refractivity contribution in [3.8, 4) is 0 Å². The van der Waals surface area contributed by atoms with Gasteiger partial charge in [-0.25, -0.2) is 0 Å². The lowest BCUT2D eigenvalue weighted by molar-refractivity contribution is 0.130. The summed E-state index contributed by atoms with van der Waals surface area (Å²) >= 11 is 5.39. The minimum absolute atomic E-state index is 0.689. The Bertz CT molecular complexity index is 366. The van der Waals surface area contributed by atoms with Gasteiger partial charge < -0.3 is 5.32 Å². The van der Waals surface area contributed by atoms with Gasteiger partial charge in [-0.05, 0) is 54.7 Å². The van der Waals surface area contributed by atoms with Crippen molar-refractivity contribution in [3.05, 3.63) is 20.8 Å². The van der Waals surface area contributed by atoms with E-state index in [0.29, 0.717) is 6.04 Å². The number of hydrogen-bond donors (Lipinski definition) is 1. The fraction of sp³-hybridized carbons (Fsp3) is 0.714. The molecule has 0 aliphatic carbocycles. The highest BCUT2D eigenvalue weighted by molar-refractivity contribution is 9.10. The topological polar surface area (TPSA) is 15.3 Å². The number of hydrogen-bond acceptors (Lipinski definition) is 3. The maximum atomic E-state index is 3.66. The van der Waals surface area contributed by atoms with E-state index < -0.39 is 0 Å². The predicted molar refractivity (Wildman–Crippen MR) is 83.2 cm³/mol. The molecule has 0 aromatic carbocycles. The molecule has 1 aromatic heterocycles. The highest BCUT2D eigenvalue weighted by Gasteiger charge is 2.25. The molecule has 0 bridgehead atoms. The van der Waals surface area contributed by atoms with Gasteiger partial charge in [0.05, 0.1) is 0 Å². The Hall–Kier alpha value is 0.1000. The molecule has 18 heavy (non-hydrogen) atoms. The summed E-state index contributed by atoms with van der Waals surface area (Å²) in [4.78, 5) is 4.08. The third-order valence-corrected chi connectivity index (χ3v) is 5.36. The number of nitrogens with zero attached hydrogens (tertiary/aromatic N) is 1. The van der Waals surface area contributed by atoms with Crippen molar-refractivity contribution in [1.82, 2.24) is 10.2 Å². The minimum Gasteiger partial charge on any atom is -0.314 e. The number of thiophene rings is 1. The van der Waals surface area contributed by atoms with Gasteiger partial charge in [-0.2, -0.15) is 0 Å². The van der Waals surface area contributed by atoms with Crippen molar-refractivity contribution < 1.29 is 0 Å². The molecule has 2 atom stereocenters. The van der Waals surface area contributed by atoms with Crippen molar-refractivity contribution in [2.24, 2.45) is 0 Å². The van der Waals surface area contributed by atoms with E-state index in [0.717, 1.165) is 19.1 Å². The van der Waals surface area contributed by atoms with Gasteiger partial charge in [0.25, 0.3) is 0 Å². The van der Waals surface area contributed by atoms with Gasteiger partial charge in [0, 0.05) is 39.9 Å². The third kappa shape index (κ3) is 4.05. The fourth-order valence-corrected chi connectivity index (χ4v) is 4.10. The van der Waals surface area contributed by atoms with Gasteiger partial charge in [0.2, 0.25) is 0 Å². The standard InChI is InChI=1S/C14H23BrN2S/c1-3-5-16-13-4-6-17(11(2)7-13)9-14-8-12(15)10-18-14/h8,10-11,13,16H,3-7,9H2,1-2H3. The zero-order chi connectivity index (χ0) is 13.0. The van der Waals surface area contributed by atoms with Crippen LogP contribution in [0, 0.1) is 0 Å². The fourth-order valence-electron chi connectivity index (χ4n) is 2.63. The smallest absolute Gasteiger partial charge is 0.0331 e. The zero-order valence-electron chi connectivity index (χ0n) is 11.3. The normalized spacial score (nSPS) is 25.5. The van der Waals surface area contributed by atoms with Crippen LogP contribution in [-0.4, -0.2) is 30.1 Å². The van der Waals surface area contributed by atoms with Crippen LogP contribution in [0.3, 0.4) is 0 Å². The molecule has 0 spiro atoms. The summed E-state index contributed by atoms with van der Waals surface area (Å²) in [6.45, 7) is 8.09. The largest absolute Gasteiger partial charge is 0.314 e. The summed E-state index contributed by atoms with van der Waals surface area (Å²) in [6, 6.07) is 3.67. The molecule has 0 saturated carbocycles. The van der Waals surface area contributed by atoms with Crippen LogP contribution in [-0.2, 0) is 6.54 Å². The molecule has 2 rings (SSSR count). The molecule has 1 aliphatic heterocycles. The molecule has 1 aromatic rings. The van der Waals surface area contributed by atoms with Crippen LogP contribution in [0.1, 0.15) is 38.0 Å². The van der Waals surface area contributed by atoms with E-state index in [4.69, 9.17) is 0 Å². The summed E-state index contributed by atoms with van der Waals surface area (Å²) in [5.74, 6) is 0. The van der Waals surface area contributed by atoms with E-state index >= 15 is 0 Å². The molecular weight excluding hydrogens is 308 g/mol. The van der Waals surface area contributed by atoms with Gasteiger partial charge in [-0.15, -0.1) is 11.3 Å². The monoisotopic (exact) mass is 330 g/mol. The van der Waals surface area contributed by atoms with Crippen molar-refractivity contribution in [1.29, 1.82) is 0 Å². The first kappa shape index (κ1) is 14.5. The highest BCUT2D eigenvalue weighted by Crippen LogP contribution is 2.25. The molecule has 102 valence electrons. The van der Waals surface area contributed by atoms with Crippen molar-refractivity contribution >= 4 is 27.3 Å². The van der Waals surface area contributed by atoms with Crippen LogP contribution in [0.5, 0.6) is 0 Å². The first-order valence-electron chi connectivity index (χ1n) is 6.89. The summed E-state index contributed by atoms with van der Waals surface area (Å²) in [7, 11) is 0. The maximum Gasteiger partial charge on any atom is 0.0331 e. The highest BCUT2D eigenvalue weighted by atomic mass is 79.9. The summed E-state index contributed by atoms with van der Waals surface area (Å²) in [5.41, 5.74) is 0. The van der Waals surface area contributed by atoms with E-state index in [1.165, 1.54) is 35.2 Å². The Kier molecular flexibility index (Phi) is 5.67. The summed E-state index contributed by atoms with van der Waals surface area (Å²) in [5, 5.41) is 5.83. The Morgan fingerprint density at radius 1 is 1.56 bits per heavy atom. The van der Waals surface area contributed by atoms with E-state index in [1.54, 1.807) is 0 Å². The summed E-state index contributed by atoms with van der Waals surface area (Å²) < 4.78 is 1.22. The van der Waals surface area contributed by atoms with Gasteiger partial charge in [-0.1, -0.05) is 6.92 Å². The molecule has 2 nitrogen and oxygen atoms in total. The number of likely N-dealkylation sites (tertiary alicyclic amines) is 1. The van der Waals surface area contributed by atoms with Gasteiger partial charge in [0.1, 0.15) is 0 Å². The van der Waals surface area contributed by atoms with E-state index in [9.17, 15) is 0 Å². The van der Waals surface area contributed by atoms with E-state index in [2.05, 4.69) is 51.4 Å². The van der Waals surface area contributed by atoms with E-state index in [-0.39, 0.29) is 0 Å². The van der Waals surface area contributed by atoms with Crippen LogP contribution < -0.4 is 5.32 Å². The number of piperidine rings is 1. The van der Waals surface area contributed by atoms with Crippen LogP contribution in [0.4, 0.5) is 0 Å². The molecule has 2 unspecified atom stereocenters. The lowest BCUT2D eigenvalue weighted by Gasteiger charge is -2.37. The lowest BCUT2D eigenvalue weighted by Crippen LogP contribution is -2.47. The molecule has 1 saturated heterocycles.